The van der Waals surface area contributed by atoms with Gasteiger partial charge in [0.1, 0.15) is 11.8 Å². The van der Waals surface area contributed by atoms with Crippen LogP contribution in [0.1, 0.15) is 55.8 Å². The molecule has 0 aliphatic heterocycles. The highest BCUT2D eigenvalue weighted by Gasteiger charge is 2.24. The highest BCUT2D eigenvalue weighted by molar-refractivity contribution is 5.93. The van der Waals surface area contributed by atoms with Gasteiger partial charge >= 0.3 is 0 Å². The Balaban J connectivity index is 1.87. The van der Waals surface area contributed by atoms with Crippen LogP contribution < -0.4 is 10.1 Å². The van der Waals surface area contributed by atoms with Crippen LogP contribution in [0.15, 0.2) is 48.5 Å². The summed E-state index contributed by atoms with van der Waals surface area (Å²) in [5.41, 5.74) is 4.28. The maximum absolute atomic E-state index is 13.2. The monoisotopic (exact) mass is 477 g/mol. The van der Waals surface area contributed by atoms with E-state index in [1.807, 2.05) is 30.3 Å². The number of nitrogens with one attached hydrogen (secondary N) is 1. The van der Waals surface area contributed by atoms with Gasteiger partial charge in [-0.25, -0.2) is 0 Å². The molecule has 3 aromatic rings. The van der Waals surface area contributed by atoms with Crippen LogP contribution in [0.5, 0.6) is 5.75 Å². The third kappa shape index (κ3) is 6.65. The van der Waals surface area contributed by atoms with Gasteiger partial charge in [-0.2, -0.15) is 0 Å². The molecule has 0 bridgehead atoms. The number of carbonyl (C=O) groups is 2. The number of unbranched alkanes of at least 4 members (excludes halogenated alkanes) is 3. The van der Waals surface area contributed by atoms with E-state index >= 15 is 0 Å². The predicted octanol–water partition coefficient (Wildman–Crippen LogP) is 5.09. The topological polar surface area (TPSA) is 63.6 Å². The maximum Gasteiger partial charge on any atom is 0.244 e. The Hall–Kier alpha value is -3.28. The van der Waals surface area contributed by atoms with Crippen LogP contribution in [0.3, 0.4) is 0 Å². The summed E-state index contributed by atoms with van der Waals surface area (Å²) in [5, 5.41) is 4.04. The molecule has 1 atom stereocenters. The van der Waals surface area contributed by atoms with E-state index < -0.39 is 6.04 Å². The number of hydrogen-bond donors (Lipinski definition) is 1. The molecule has 0 aliphatic rings. The first-order valence-electron chi connectivity index (χ1n) is 12.6. The number of ether oxygens (including phenoxy) is 1. The SMILES string of the molecule is CCCCCCC(NC(=O)Cc1c(C)n(Cc2ccccc2)c2ccc(OC)cc12)C(=O)N(C)C. The lowest BCUT2D eigenvalue weighted by Crippen LogP contribution is -2.46. The minimum atomic E-state index is -0.498. The summed E-state index contributed by atoms with van der Waals surface area (Å²) in [6, 6.07) is 15.8. The van der Waals surface area contributed by atoms with Gasteiger partial charge in [-0.15, -0.1) is 0 Å². The molecule has 0 spiro atoms. The average Bonchev–Trinajstić information content (AvgIpc) is 3.11. The van der Waals surface area contributed by atoms with Gasteiger partial charge in [0.15, 0.2) is 0 Å². The first-order valence-corrected chi connectivity index (χ1v) is 12.6. The van der Waals surface area contributed by atoms with E-state index in [2.05, 4.69) is 41.9 Å². The summed E-state index contributed by atoms with van der Waals surface area (Å²) in [7, 11) is 5.12. The summed E-state index contributed by atoms with van der Waals surface area (Å²) in [6.45, 7) is 4.94. The molecule has 0 radical (unpaired) electrons. The first-order chi connectivity index (χ1) is 16.8. The Morgan fingerprint density at radius 3 is 2.46 bits per heavy atom. The summed E-state index contributed by atoms with van der Waals surface area (Å²) >= 11 is 0. The lowest BCUT2D eigenvalue weighted by atomic mass is 10.0. The van der Waals surface area contributed by atoms with Crippen LogP contribution in [0.4, 0.5) is 0 Å². The number of hydrogen-bond acceptors (Lipinski definition) is 3. The molecule has 1 heterocycles. The smallest absolute Gasteiger partial charge is 0.244 e. The average molecular weight is 478 g/mol. The third-order valence-corrected chi connectivity index (χ3v) is 6.60. The summed E-state index contributed by atoms with van der Waals surface area (Å²) in [4.78, 5) is 27.6. The van der Waals surface area contributed by atoms with Crippen LogP contribution in [0.25, 0.3) is 10.9 Å². The third-order valence-electron chi connectivity index (χ3n) is 6.60. The number of aromatic nitrogens is 1. The van der Waals surface area contributed by atoms with E-state index in [9.17, 15) is 9.59 Å². The van der Waals surface area contributed by atoms with E-state index in [1.165, 1.54) is 5.56 Å². The van der Waals surface area contributed by atoms with Crippen molar-refractivity contribution in [3.05, 3.63) is 65.4 Å². The zero-order valence-corrected chi connectivity index (χ0v) is 21.8. The van der Waals surface area contributed by atoms with Crippen molar-refractivity contribution in [3.63, 3.8) is 0 Å². The van der Waals surface area contributed by atoms with Gasteiger partial charge in [0.25, 0.3) is 0 Å². The fourth-order valence-electron chi connectivity index (χ4n) is 4.60. The highest BCUT2D eigenvalue weighted by Crippen LogP contribution is 2.30. The van der Waals surface area contributed by atoms with Gasteiger partial charge in [-0.1, -0.05) is 62.9 Å². The van der Waals surface area contributed by atoms with Crippen LogP contribution in [0, 0.1) is 6.92 Å². The fraction of sp³-hybridized carbons (Fsp3) is 0.448. The molecule has 1 unspecified atom stereocenters. The molecule has 1 N–H and O–H groups in total. The van der Waals surface area contributed by atoms with Crippen LogP contribution in [0.2, 0.25) is 0 Å². The Morgan fingerprint density at radius 2 is 1.80 bits per heavy atom. The molecule has 6 nitrogen and oxygen atoms in total. The summed E-state index contributed by atoms with van der Waals surface area (Å²) < 4.78 is 7.73. The molecular formula is C29H39N3O3. The molecule has 188 valence electrons. The van der Waals surface area contributed by atoms with E-state index in [4.69, 9.17) is 4.74 Å². The van der Waals surface area contributed by atoms with E-state index in [1.54, 1.807) is 26.1 Å². The highest BCUT2D eigenvalue weighted by atomic mass is 16.5. The normalized spacial score (nSPS) is 11.9. The van der Waals surface area contributed by atoms with Gasteiger partial charge in [0.2, 0.25) is 11.8 Å². The second-order valence-electron chi connectivity index (χ2n) is 9.40. The fourth-order valence-corrected chi connectivity index (χ4v) is 4.60. The van der Waals surface area contributed by atoms with Gasteiger partial charge in [-0.3, -0.25) is 9.59 Å². The minimum absolute atomic E-state index is 0.0558. The van der Waals surface area contributed by atoms with Crippen LogP contribution in [-0.2, 0) is 22.6 Å². The Labute approximate surface area is 209 Å². The van der Waals surface area contributed by atoms with Crippen molar-refractivity contribution in [2.75, 3.05) is 21.2 Å². The van der Waals surface area contributed by atoms with Gasteiger partial charge in [-0.05, 0) is 42.7 Å². The van der Waals surface area contributed by atoms with Gasteiger partial charge in [0, 0.05) is 37.2 Å². The van der Waals surface area contributed by atoms with E-state index in [0.29, 0.717) is 6.42 Å². The molecule has 2 aromatic carbocycles. The number of methoxy groups -OCH3 is 1. The lowest BCUT2D eigenvalue weighted by molar-refractivity contribution is -0.134. The summed E-state index contributed by atoms with van der Waals surface area (Å²) in [6.07, 6.45) is 5.13. The lowest BCUT2D eigenvalue weighted by Gasteiger charge is -2.22. The van der Waals surface area contributed by atoms with Crippen molar-refractivity contribution in [1.82, 2.24) is 14.8 Å². The zero-order chi connectivity index (χ0) is 25.4. The number of fused-ring (bicyclic) bond motifs is 1. The number of carbonyl (C=O) groups excluding carboxylic acids is 2. The van der Waals surface area contributed by atoms with Crippen molar-refractivity contribution in [1.29, 1.82) is 0 Å². The number of rotatable bonds is 12. The molecule has 35 heavy (non-hydrogen) atoms. The van der Waals surface area contributed by atoms with Crippen LogP contribution >= 0.6 is 0 Å². The first kappa shape index (κ1) is 26.3. The molecule has 0 aliphatic carbocycles. The zero-order valence-electron chi connectivity index (χ0n) is 21.8. The maximum atomic E-state index is 13.2. The molecule has 2 amide bonds. The number of benzene rings is 2. The van der Waals surface area contributed by atoms with E-state index in [0.717, 1.165) is 60.1 Å². The number of amides is 2. The predicted molar refractivity (Wildman–Crippen MR) is 142 cm³/mol. The number of likely N-dealkylation sites (N-methyl/N-ethyl adjacent to an activating group) is 1. The molecular weight excluding hydrogens is 438 g/mol. The molecule has 6 heteroatoms. The minimum Gasteiger partial charge on any atom is -0.497 e. The molecule has 0 saturated carbocycles. The molecule has 0 fully saturated rings. The molecule has 3 rings (SSSR count). The Bertz CT molecular complexity index is 1140. The summed E-state index contributed by atoms with van der Waals surface area (Å²) in [5.74, 6) is 0.567. The second-order valence-corrected chi connectivity index (χ2v) is 9.40. The van der Waals surface area contributed by atoms with Crippen LogP contribution in [-0.4, -0.2) is 48.5 Å². The molecule has 1 aromatic heterocycles. The Kier molecular flexibility index (Phi) is 9.35. The largest absolute Gasteiger partial charge is 0.497 e. The van der Waals surface area contributed by atoms with Crippen molar-refractivity contribution >= 4 is 22.7 Å². The molecule has 0 saturated heterocycles. The quantitative estimate of drug-likeness (QED) is 0.370. The Morgan fingerprint density at radius 1 is 1.06 bits per heavy atom. The van der Waals surface area contributed by atoms with Crippen molar-refractivity contribution in [2.45, 2.75) is 65.0 Å². The van der Waals surface area contributed by atoms with Crippen molar-refractivity contribution in [3.8, 4) is 5.75 Å². The van der Waals surface area contributed by atoms with E-state index in [-0.39, 0.29) is 18.2 Å². The van der Waals surface area contributed by atoms with Gasteiger partial charge in [0.05, 0.1) is 13.5 Å². The van der Waals surface area contributed by atoms with Gasteiger partial charge < -0.3 is 19.5 Å². The number of nitrogens with zero attached hydrogens (tertiary/aromatic N) is 2. The second kappa shape index (κ2) is 12.4. The standard InChI is InChI=1S/C29H39N3O3/c1-6-7-8-12-15-26(29(34)31(3)4)30-28(33)19-24-21(2)32(20-22-13-10-9-11-14-22)27-17-16-23(35-5)18-25(24)27/h9-11,13-14,16-18,26H,6-8,12,15,19-20H2,1-5H3,(H,30,33). The van der Waals surface area contributed by atoms with Crippen molar-refractivity contribution in [2.24, 2.45) is 0 Å². The van der Waals surface area contributed by atoms with Crippen molar-refractivity contribution < 1.29 is 14.3 Å².